The number of carboxylic acids is 1. The summed E-state index contributed by atoms with van der Waals surface area (Å²) in [5, 5.41) is 27.0. The normalized spacial score (nSPS) is 11.5. The summed E-state index contributed by atoms with van der Waals surface area (Å²) in [5.41, 5.74) is 0.464. The lowest BCUT2D eigenvalue weighted by atomic mass is 10.1. The van der Waals surface area contributed by atoms with Crippen LogP contribution in [-0.2, 0) is 4.79 Å². The summed E-state index contributed by atoms with van der Waals surface area (Å²) in [7, 11) is 0. The summed E-state index contributed by atoms with van der Waals surface area (Å²) < 4.78 is 5.60. The Bertz CT molecular complexity index is 1010. The molecule has 0 aliphatic rings. The Morgan fingerprint density at radius 2 is 2.19 bits per heavy atom. The van der Waals surface area contributed by atoms with Crippen LogP contribution in [0.15, 0.2) is 50.9 Å². The maximum absolute atomic E-state index is 11.4. The van der Waals surface area contributed by atoms with E-state index in [1.54, 1.807) is 31.2 Å². The molecule has 0 aliphatic heterocycles. The quantitative estimate of drug-likeness (QED) is 0.290. The average molecular weight is 372 g/mol. The van der Waals surface area contributed by atoms with Gasteiger partial charge in [-0.15, -0.1) is 5.10 Å². The largest absolute Gasteiger partial charge is 0.477 e. The number of furan rings is 1. The van der Waals surface area contributed by atoms with Crippen LogP contribution >= 0.6 is 11.8 Å². The molecule has 2 aromatic heterocycles. The van der Waals surface area contributed by atoms with Gasteiger partial charge in [0.1, 0.15) is 22.3 Å². The van der Waals surface area contributed by atoms with Crippen molar-refractivity contribution < 1.29 is 19.2 Å². The molecule has 0 atom stereocenters. The fourth-order valence-corrected chi connectivity index (χ4v) is 2.82. The topological polar surface area (TPSA) is 135 Å². The molecule has 3 aromatic rings. The highest BCUT2D eigenvalue weighted by atomic mass is 32.2. The molecule has 2 N–H and O–H groups in total. The zero-order valence-electron chi connectivity index (χ0n) is 13.4. The van der Waals surface area contributed by atoms with Gasteiger partial charge in [-0.05, 0) is 30.8 Å². The van der Waals surface area contributed by atoms with Gasteiger partial charge in [0.2, 0.25) is 5.16 Å². The Morgan fingerprint density at radius 1 is 1.38 bits per heavy atom. The van der Waals surface area contributed by atoms with E-state index in [4.69, 9.17) is 4.42 Å². The smallest absolute Gasteiger partial charge is 0.342 e. The number of rotatable bonds is 6. The third-order valence-corrected chi connectivity index (χ3v) is 4.11. The molecule has 0 fully saturated rings. The first-order chi connectivity index (χ1) is 12.4. The van der Waals surface area contributed by atoms with Crippen molar-refractivity contribution in [3.63, 3.8) is 0 Å². The van der Waals surface area contributed by atoms with Crippen molar-refractivity contribution in [1.82, 2.24) is 15.2 Å². The number of nitro groups is 1. The van der Waals surface area contributed by atoms with E-state index in [1.807, 2.05) is 0 Å². The van der Waals surface area contributed by atoms with Gasteiger partial charge in [0, 0.05) is 23.8 Å². The molecule has 9 nitrogen and oxygen atoms in total. The molecule has 0 unspecified atom stereocenters. The first-order valence-corrected chi connectivity index (χ1v) is 8.10. The zero-order chi connectivity index (χ0) is 18.7. The van der Waals surface area contributed by atoms with Crippen molar-refractivity contribution in [2.45, 2.75) is 12.1 Å². The van der Waals surface area contributed by atoms with Crippen molar-refractivity contribution in [1.29, 1.82) is 0 Å². The Hall–Kier alpha value is -3.40. The van der Waals surface area contributed by atoms with Crippen molar-refractivity contribution >= 4 is 29.5 Å². The van der Waals surface area contributed by atoms with Gasteiger partial charge in [-0.25, -0.2) is 9.78 Å². The van der Waals surface area contributed by atoms with Gasteiger partial charge in [0.05, 0.1) is 4.92 Å². The highest BCUT2D eigenvalue weighted by Crippen LogP contribution is 2.29. The third-order valence-electron chi connectivity index (χ3n) is 3.23. The van der Waals surface area contributed by atoms with Crippen LogP contribution in [0.25, 0.3) is 17.4 Å². The van der Waals surface area contributed by atoms with E-state index in [9.17, 15) is 20.0 Å². The summed E-state index contributed by atoms with van der Waals surface area (Å²) >= 11 is 0.883. The molecule has 0 spiro atoms. The second-order valence-corrected chi connectivity index (χ2v) is 6.14. The van der Waals surface area contributed by atoms with Crippen LogP contribution in [0.1, 0.15) is 11.6 Å². The number of thioether (sulfide) groups is 1. The Morgan fingerprint density at radius 3 is 2.85 bits per heavy atom. The number of hydrogen-bond acceptors (Lipinski definition) is 7. The second kappa shape index (κ2) is 7.23. The minimum atomic E-state index is -1.15. The van der Waals surface area contributed by atoms with Gasteiger partial charge in [-0.1, -0.05) is 12.1 Å². The number of benzene rings is 1. The number of aliphatic carboxylic acids is 1. The monoisotopic (exact) mass is 372 g/mol. The second-order valence-electron chi connectivity index (χ2n) is 5.13. The van der Waals surface area contributed by atoms with Crippen molar-refractivity contribution in [3.8, 4) is 11.3 Å². The molecule has 10 heteroatoms. The van der Waals surface area contributed by atoms with Crippen LogP contribution in [-0.4, -0.2) is 31.2 Å². The van der Waals surface area contributed by atoms with Crippen LogP contribution in [0.2, 0.25) is 0 Å². The summed E-state index contributed by atoms with van der Waals surface area (Å²) in [4.78, 5) is 25.8. The van der Waals surface area contributed by atoms with Gasteiger partial charge in [-0.3, -0.25) is 15.2 Å². The molecule has 0 saturated carbocycles. The van der Waals surface area contributed by atoms with E-state index < -0.39 is 10.9 Å². The molecule has 1 aromatic carbocycles. The highest BCUT2D eigenvalue weighted by Gasteiger charge is 2.15. The van der Waals surface area contributed by atoms with E-state index in [0.29, 0.717) is 22.9 Å². The Kier molecular flexibility index (Phi) is 4.85. The number of non-ortho nitro benzene ring substituents is 1. The Labute approximate surface area is 150 Å². The summed E-state index contributed by atoms with van der Waals surface area (Å²) in [6.07, 6.45) is 1.35. The lowest BCUT2D eigenvalue weighted by Gasteiger charge is -1.98. The standard InChI is InChI=1S/C16H12N4O5S/c1-9-17-16(19-18-9)26-14(15(21)22)8-12-5-6-13(25-12)10-3-2-4-11(7-10)20(23)24/h2-8H,1H3,(H,21,22)(H,17,18,19)/b14-8-. The lowest BCUT2D eigenvalue weighted by molar-refractivity contribution is -0.384. The number of nitro benzene ring substituents is 1. The van der Waals surface area contributed by atoms with Crippen LogP contribution in [0.3, 0.4) is 0 Å². The molecule has 0 radical (unpaired) electrons. The first-order valence-electron chi connectivity index (χ1n) is 7.29. The maximum Gasteiger partial charge on any atom is 0.342 e. The summed E-state index contributed by atoms with van der Waals surface area (Å²) in [6.45, 7) is 1.71. The molecule has 2 heterocycles. The maximum atomic E-state index is 11.4. The molecule has 3 rings (SSSR count). The predicted octanol–water partition coefficient (Wildman–Crippen LogP) is 3.50. The molecular formula is C16H12N4O5S. The fourth-order valence-electron chi connectivity index (χ4n) is 2.09. The predicted molar refractivity (Wildman–Crippen MR) is 93.4 cm³/mol. The van der Waals surface area contributed by atoms with Gasteiger partial charge >= 0.3 is 5.97 Å². The molecule has 0 bridgehead atoms. The lowest BCUT2D eigenvalue weighted by Crippen LogP contribution is -1.97. The number of aromatic nitrogens is 3. The van der Waals surface area contributed by atoms with Gasteiger partial charge < -0.3 is 9.52 Å². The zero-order valence-corrected chi connectivity index (χ0v) is 14.2. The molecule has 26 heavy (non-hydrogen) atoms. The summed E-state index contributed by atoms with van der Waals surface area (Å²) in [5.74, 6) is 0.112. The van der Waals surface area contributed by atoms with Crippen LogP contribution in [0, 0.1) is 17.0 Å². The number of hydrogen-bond donors (Lipinski definition) is 2. The SMILES string of the molecule is Cc1nc(S/C(=C\c2ccc(-c3cccc([N+](=O)[O-])c3)o2)C(=O)O)n[nH]1. The van der Waals surface area contributed by atoms with E-state index in [2.05, 4.69) is 15.2 Å². The number of nitrogens with one attached hydrogen (secondary N) is 1. The number of carboxylic acid groups (broad SMARTS) is 1. The van der Waals surface area contributed by atoms with Crippen LogP contribution in [0.5, 0.6) is 0 Å². The molecule has 132 valence electrons. The third kappa shape index (κ3) is 3.98. The van der Waals surface area contributed by atoms with Crippen molar-refractivity contribution in [2.75, 3.05) is 0 Å². The van der Waals surface area contributed by atoms with Gasteiger partial charge in [0.25, 0.3) is 5.69 Å². The molecule has 0 amide bonds. The van der Waals surface area contributed by atoms with Gasteiger partial charge in [0.15, 0.2) is 0 Å². The number of nitrogens with zero attached hydrogens (tertiary/aromatic N) is 3. The van der Waals surface area contributed by atoms with E-state index in [0.717, 1.165) is 11.8 Å². The molecule has 0 aliphatic carbocycles. The number of carbonyl (C=O) groups is 1. The van der Waals surface area contributed by atoms with Gasteiger partial charge in [-0.2, -0.15) is 0 Å². The fraction of sp³-hybridized carbons (Fsp3) is 0.0625. The van der Waals surface area contributed by atoms with E-state index in [1.165, 1.54) is 18.2 Å². The summed E-state index contributed by atoms with van der Waals surface area (Å²) in [6, 6.07) is 9.19. The molecule has 0 saturated heterocycles. The average Bonchev–Trinajstić information content (AvgIpc) is 3.23. The number of aryl methyl sites for hydroxylation is 1. The van der Waals surface area contributed by atoms with E-state index >= 15 is 0 Å². The minimum Gasteiger partial charge on any atom is -0.477 e. The van der Waals surface area contributed by atoms with Crippen molar-refractivity contribution in [3.05, 3.63) is 63.0 Å². The first kappa shape index (κ1) is 17.4. The van der Waals surface area contributed by atoms with Crippen LogP contribution in [0.4, 0.5) is 5.69 Å². The Balaban J connectivity index is 1.87. The van der Waals surface area contributed by atoms with Crippen LogP contribution < -0.4 is 0 Å². The minimum absolute atomic E-state index is 0.0241. The molecular weight excluding hydrogens is 360 g/mol. The highest BCUT2D eigenvalue weighted by molar-refractivity contribution is 8.04. The van der Waals surface area contributed by atoms with Crippen molar-refractivity contribution in [2.24, 2.45) is 0 Å². The number of aromatic amines is 1. The van der Waals surface area contributed by atoms with E-state index in [-0.39, 0.29) is 15.7 Å². The number of H-pyrrole nitrogens is 1.